The van der Waals surface area contributed by atoms with Crippen molar-refractivity contribution in [2.75, 3.05) is 0 Å². The SMILES string of the molecule is CCCc1ccc(-c2cc(F)ccc2-c2ccccc2)c(F)c1. The first kappa shape index (κ1) is 15.4. The van der Waals surface area contributed by atoms with Crippen molar-refractivity contribution in [2.45, 2.75) is 19.8 Å². The average molecular weight is 308 g/mol. The average Bonchev–Trinajstić information content (AvgIpc) is 2.56. The second-order valence-electron chi connectivity index (χ2n) is 5.62. The van der Waals surface area contributed by atoms with Crippen LogP contribution in [0.1, 0.15) is 18.9 Å². The first-order valence-electron chi connectivity index (χ1n) is 7.83. The summed E-state index contributed by atoms with van der Waals surface area (Å²) in [5.74, 6) is -0.671. The number of hydrogen-bond donors (Lipinski definition) is 0. The molecule has 3 aromatic carbocycles. The largest absolute Gasteiger partial charge is 0.207 e. The van der Waals surface area contributed by atoms with E-state index in [0.29, 0.717) is 11.1 Å². The smallest absolute Gasteiger partial charge is 0.131 e. The summed E-state index contributed by atoms with van der Waals surface area (Å²) in [6.45, 7) is 2.06. The predicted molar refractivity (Wildman–Crippen MR) is 91.2 cm³/mol. The van der Waals surface area contributed by atoms with E-state index >= 15 is 0 Å². The second-order valence-corrected chi connectivity index (χ2v) is 5.62. The molecule has 116 valence electrons. The maximum atomic E-state index is 14.6. The zero-order valence-corrected chi connectivity index (χ0v) is 13.0. The lowest BCUT2D eigenvalue weighted by Gasteiger charge is -2.12. The number of benzene rings is 3. The quantitative estimate of drug-likeness (QED) is 0.534. The number of aryl methyl sites for hydroxylation is 1. The highest BCUT2D eigenvalue weighted by Gasteiger charge is 2.13. The molecule has 0 atom stereocenters. The van der Waals surface area contributed by atoms with Crippen LogP contribution < -0.4 is 0 Å². The second kappa shape index (κ2) is 6.74. The molecule has 0 unspecified atom stereocenters. The lowest BCUT2D eigenvalue weighted by molar-refractivity contribution is 0.623. The van der Waals surface area contributed by atoms with Crippen molar-refractivity contribution >= 4 is 0 Å². The highest BCUT2D eigenvalue weighted by atomic mass is 19.1. The summed E-state index contributed by atoms with van der Waals surface area (Å²) in [6, 6.07) is 19.4. The van der Waals surface area contributed by atoms with Gasteiger partial charge in [-0.25, -0.2) is 8.78 Å². The fourth-order valence-electron chi connectivity index (χ4n) is 2.83. The van der Waals surface area contributed by atoms with Crippen LogP contribution in [0.3, 0.4) is 0 Å². The molecule has 0 aliphatic heterocycles. The van der Waals surface area contributed by atoms with Gasteiger partial charge in [-0.3, -0.25) is 0 Å². The Balaban J connectivity index is 2.14. The zero-order chi connectivity index (χ0) is 16.2. The first-order valence-corrected chi connectivity index (χ1v) is 7.83. The van der Waals surface area contributed by atoms with Crippen LogP contribution in [-0.2, 0) is 6.42 Å². The Hall–Kier alpha value is -2.48. The van der Waals surface area contributed by atoms with Crippen LogP contribution in [0.15, 0.2) is 66.7 Å². The highest BCUT2D eigenvalue weighted by Crippen LogP contribution is 2.34. The van der Waals surface area contributed by atoms with Crippen LogP contribution in [0.4, 0.5) is 8.78 Å². The van der Waals surface area contributed by atoms with Gasteiger partial charge in [0.25, 0.3) is 0 Å². The standard InChI is InChI=1S/C21H18F2/c1-2-6-15-9-11-19(21(23)13-15)20-14-17(22)10-12-18(20)16-7-4-3-5-8-16/h3-5,7-14H,2,6H2,1H3. The van der Waals surface area contributed by atoms with E-state index in [9.17, 15) is 8.78 Å². The lowest BCUT2D eigenvalue weighted by atomic mass is 9.93. The third kappa shape index (κ3) is 3.31. The van der Waals surface area contributed by atoms with Gasteiger partial charge < -0.3 is 0 Å². The van der Waals surface area contributed by atoms with Crippen molar-refractivity contribution < 1.29 is 8.78 Å². The molecule has 0 aliphatic rings. The molecule has 0 saturated carbocycles. The molecule has 3 aromatic rings. The first-order chi connectivity index (χ1) is 11.2. The molecule has 0 N–H and O–H groups in total. The van der Waals surface area contributed by atoms with E-state index in [1.807, 2.05) is 36.4 Å². The Morgan fingerprint density at radius 2 is 1.48 bits per heavy atom. The van der Waals surface area contributed by atoms with Crippen LogP contribution in [-0.4, -0.2) is 0 Å². The molecule has 2 heteroatoms. The Kier molecular flexibility index (Phi) is 4.52. The Bertz CT molecular complexity index is 807. The molecule has 23 heavy (non-hydrogen) atoms. The Labute approximate surface area is 135 Å². The summed E-state index contributed by atoms with van der Waals surface area (Å²) >= 11 is 0. The van der Waals surface area contributed by atoms with Crippen molar-refractivity contribution in [1.82, 2.24) is 0 Å². The molecule has 0 radical (unpaired) electrons. The van der Waals surface area contributed by atoms with Gasteiger partial charge in [0.1, 0.15) is 11.6 Å². The zero-order valence-electron chi connectivity index (χ0n) is 13.0. The molecular formula is C21H18F2. The molecule has 0 aliphatic carbocycles. The van der Waals surface area contributed by atoms with Gasteiger partial charge in [-0.05, 0) is 46.9 Å². The molecule has 0 bridgehead atoms. The minimum Gasteiger partial charge on any atom is -0.207 e. The van der Waals surface area contributed by atoms with Crippen molar-refractivity contribution in [3.8, 4) is 22.3 Å². The van der Waals surface area contributed by atoms with Crippen molar-refractivity contribution in [2.24, 2.45) is 0 Å². The molecular weight excluding hydrogens is 290 g/mol. The van der Waals surface area contributed by atoms with Crippen molar-refractivity contribution in [3.05, 3.63) is 83.9 Å². The predicted octanol–water partition coefficient (Wildman–Crippen LogP) is 6.25. The van der Waals surface area contributed by atoms with Crippen LogP contribution in [0, 0.1) is 11.6 Å². The van der Waals surface area contributed by atoms with E-state index in [1.165, 1.54) is 12.1 Å². The van der Waals surface area contributed by atoms with Gasteiger partial charge in [-0.15, -0.1) is 0 Å². The number of rotatable bonds is 4. The van der Waals surface area contributed by atoms with Gasteiger partial charge in [-0.1, -0.05) is 61.9 Å². The maximum absolute atomic E-state index is 14.6. The van der Waals surface area contributed by atoms with Gasteiger partial charge in [0.15, 0.2) is 0 Å². The van der Waals surface area contributed by atoms with Gasteiger partial charge in [0, 0.05) is 5.56 Å². The van der Waals surface area contributed by atoms with Crippen LogP contribution in [0.2, 0.25) is 0 Å². The summed E-state index contributed by atoms with van der Waals surface area (Å²) in [5.41, 5.74) is 3.75. The van der Waals surface area contributed by atoms with Gasteiger partial charge in [0.2, 0.25) is 0 Å². The number of hydrogen-bond acceptors (Lipinski definition) is 0. The van der Waals surface area contributed by atoms with E-state index in [2.05, 4.69) is 6.92 Å². The fourth-order valence-corrected chi connectivity index (χ4v) is 2.83. The third-order valence-electron chi connectivity index (χ3n) is 3.93. The minimum atomic E-state index is -0.364. The molecule has 0 amide bonds. The van der Waals surface area contributed by atoms with E-state index in [0.717, 1.165) is 29.5 Å². The molecule has 3 rings (SSSR count). The van der Waals surface area contributed by atoms with E-state index in [-0.39, 0.29) is 11.6 Å². The van der Waals surface area contributed by atoms with E-state index in [1.54, 1.807) is 18.2 Å². The monoisotopic (exact) mass is 308 g/mol. The summed E-state index contributed by atoms with van der Waals surface area (Å²) in [5, 5.41) is 0. The summed E-state index contributed by atoms with van der Waals surface area (Å²) in [7, 11) is 0. The fraction of sp³-hybridized carbons (Fsp3) is 0.143. The third-order valence-corrected chi connectivity index (χ3v) is 3.93. The van der Waals surface area contributed by atoms with Gasteiger partial charge >= 0.3 is 0 Å². The topological polar surface area (TPSA) is 0 Å². The Morgan fingerprint density at radius 1 is 0.739 bits per heavy atom. The minimum absolute atomic E-state index is 0.307. The Morgan fingerprint density at radius 3 is 2.17 bits per heavy atom. The molecule has 0 saturated heterocycles. The highest BCUT2D eigenvalue weighted by molar-refractivity contribution is 5.83. The van der Waals surface area contributed by atoms with Crippen LogP contribution >= 0.6 is 0 Å². The van der Waals surface area contributed by atoms with E-state index in [4.69, 9.17) is 0 Å². The molecule has 0 nitrogen and oxygen atoms in total. The molecule has 0 spiro atoms. The molecule has 0 fully saturated rings. The molecule has 0 heterocycles. The van der Waals surface area contributed by atoms with Crippen molar-refractivity contribution in [1.29, 1.82) is 0 Å². The van der Waals surface area contributed by atoms with Gasteiger partial charge in [0.05, 0.1) is 0 Å². The van der Waals surface area contributed by atoms with Gasteiger partial charge in [-0.2, -0.15) is 0 Å². The van der Waals surface area contributed by atoms with Crippen LogP contribution in [0.5, 0.6) is 0 Å². The van der Waals surface area contributed by atoms with Crippen molar-refractivity contribution in [3.63, 3.8) is 0 Å². The summed E-state index contributed by atoms with van der Waals surface area (Å²) in [4.78, 5) is 0. The normalized spacial score (nSPS) is 10.7. The number of halogens is 2. The molecule has 0 aromatic heterocycles. The maximum Gasteiger partial charge on any atom is 0.131 e. The lowest BCUT2D eigenvalue weighted by Crippen LogP contribution is -1.93. The van der Waals surface area contributed by atoms with Crippen LogP contribution in [0.25, 0.3) is 22.3 Å². The summed E-state index contributed by atoms with van der Waals surface area (Å²) < 4.78 is 28.3. The summed E-state index contributed by atoms with van der Waals surface area (Å²) in [6.07, 6.45) is 1.81. The van der Waals surface area contributed by atoms with E-state index < -0.39 is 0 Å².